The number of thiazole rings is 1. The first-order valence-electron chi connectivity index (χ1n) is 9.22. The second-order valence-electron chi connectivity index (χ2n) is 6.64. The molecule has 10 heteroatoms. The van der Waals surface area contributed by atoms with Gasteiger partial charge in [0, 0.05) is 24.2 Å². The number of primary amides is 1. The third kappa shape index (κ3) is 5.12. The SMILES string of the molecule is CCCNc1nc(-c2cc(C(N)=O)c(C)n2Cc2cccc(OC(F)(F)F)c2)cs1. The van der Waals surface area contributed by atoms with E-state index >= 15 is 0 Å². The first-order valence-corrected chi connectivity index (χ1v) is 10.1. The van der Waals surface area contributed by atoms with Crippen LogP contribution >= 0.6 is 11.3 Å². The molecule has 0 fully saturated rings. The molecule has 0 atom stereocenters. The van der Waals surface area contributed by atoms with Crippen LogP contribution in [0.5, 0.6) is 5.75 Å². The van der Waals surface area contributed by atoms with Gasteiger partial charge in [-0.3, -0.25) is 4.79 Å². The number of anilines is 1. The van der Waals surface area contributed by atoms with Gasteiger partial charge in [-0.05, 0) is 37.1 Å². The summed E-state index contributed by atoms with van der Waals surface area (Å²) in [6.07, 6.45) is -3.82. The molecular weight excluding hydrogens is 417 g/mol. The van der Waals surface area contributed by atoms with E-state index < -0.39 is 12.3 Å². The molecule has 1 amide bonds. The minimum Gasteiger partial charge on any atom is -0.406 e. The average molecular weight is 438 g/mol. The van der Waals surface area contributed by atoms with Crippen LogP contribution in [0.4, 0.5) is 18.3 Å². The predicted octanol–water partition coefficient (Wildman–Crippen LogP) is 4.79. The fourth-order valence-electron chi connectivity index (χ4n) is 3.04. The van der Waals surface area contributed by atoms with Crippen LogP contribution < -0.4 is 15.8 Å². The summed E-state index contributed by atoms with van der Waals surface area (Å²) in [6.45, 7) is 4.79. The minimum absolute atomic E-state index is 0.221. The fourth-order valence-corrected chi connectivity index (χ4v) is 3.77. The van der Waals surface area contributed by atoms with Crippen molar-refractivity contribution in [3.63, 3.8) is 0 Å². The van der Waals surface area contributed by atoms with Gasteiger partial charge in [0.1, 0.15) is 5.75 Å². The van der Waals surface area contributed by atoms with Crippen LogP contribution in [0.3, 0.4) is 0 Å². The normalized spacial score (nSPS) is 11.5. The number of nitrogens with one attached hydrogen (secondary N) is 1. The van der Waals surface area contributed by atoms with Crippen LogP contribution in [0.2, 0.25) is 0 Å². The largest absolute Gasteiger partial charge is 0.573 e. The Morgan fingerprint density at radius 2 is 2.10 bits per heavy atom. The topological polar surface area (TPSA) is 82.2 Å². The van der Waals surface area contributed by atoms with Gasteiger partial charge in [0.05, 0.1) is 17.0 Å². The lowest BCUT2D eigenvalue weighted by atomic mass is 10.2. The van der Waals surface area contributed by atoms with E-state index in [9.17, 15) is 18.0 Å². The maximum Gasteiger partial charge on any atom is 0.573 e. The van der Waals surface area contributed by atoms with Gasteiger partial charge < -0.3 is 20.4 Å². The van der Waals surface area contributed by atoms with Crippen LogP contribution in [0.1, 0.15) is 35.0 Å². The van der Waals surface area contributed by atoms with Crippen molar-refractivity contribution >= 4 is 22.4 Å². The fraction of sp³-hybridized carbons (Fsp3) is 0.300. The van der Waals surface area contributed by atoms with Crippen molar-refractivity contribution in [3.05, 3.63) is 52.5 Å². The Morgan fingerprint density at radius 1 is 1.33 bits per heavy atom. The number of carbonyl (C=O) groups is 1. The third-order valence-corrected chi connectivity index (χ3v) is 5.20. The molecular formula is C20H21F3N4O2S. The molecule has 0 aliphatic heterocycles. The summed E-state index contributed by atoms with van der Waals surface area (Å²) < 4.78 is 43.4. The van der Waals surface area contributed by atoms with Gasteiger partial charge >= 0.3 is 6.36 Å². The molecule has 3 aromatic rings. The van der Waals surface area contributed by atoms with Crippen LogP contribution in [-0.2, 0) is 6.54 Å². The van der Waals surface area contributed by atoms with Crippen LogP contribution in [-0.4, -0.2) is 28.4 Å². The van der Waals surface area contributed by atoms with E-state index in [4.69, 9.17) is 5.73 Å². The molecule has 0 aliphatic carbocycles. The van der Waals surface area contributed by atoms with Crippen LogP contribution in [0.15, 0.2) is 35.7 Å². The van der Waals surface area contributed by atoms with Crippen molar-refractivity contribution in [2.75, 3.05) is 11.9 Å². The van der Waals surface area contributed by atoms with E-state index in [1.54, 1.807) is 19.1 Å². The van der Waals surface area contributed by atoms with E-state index in [0.29, 0.717) is 28.2 Å². The first kappa shape index (κ1) is 21.7. The lowest BCUT2D eigenvalue weighted by Gasteiger charge is -2.13. The summed E-state index contributed by atoms with van der Waals surface area (Å²) in [6, 6.07) is 7.38. The number of hydrogen-bond donors (Lipinski definition) is 2. The quantitative estimate of drug-likeness (QED) is 0.530. The van der Waals surface area contributed by atoms with E-state index in [0.717, 1.165) is 18.1 Å². The molecule has 0 unspecified atom stereocenters. The number of nitrogens with two attached hydrogens (primary N) is 1. The summed E-state index contributed by atoms with van der Waals surface area (Å²) in [7, 11) is 0. The minimum atomic E-state index is -4.77. The smallest absolute Gasteiger partial charge is 0.406 e. The summed E-state index contributed by atoms with van der Waals surface area (Å²) in [5.41, 5.74) is 8.33. The van der Waals surface area contributed by atoms with E-state index in [1.165, 1.54) is 29.5 Å². The number of alkyl halides is 3. The summed E-state index contributed by atoms with van der Waals surface area (Å²) in [5, 5.41) is 5.82. The average Bonchev–Trinajstić information content (AvgIpc) is 3.24. The molecule has 0 saturated heterocycles. The van der Waals surface area contributed by atoms with Crippen molar-refractivity contribution < 1.29 is 22.7 Å². The highest BCUT2D eigenvalue weighted by Crippen LogP contribution is 2.30. The highest BCUT2D eigenvalue weighted by Gasteiger charge is 2.31. The van der Waals surface area contributed by atoms with Gasteiger partial charge in [-0.1, -0.05) is 19.1 Å². The number of hydrogen-bond acceptors (Lipinski definition) is 5. The van der Waals surface area contributed by atoms with Crippen molar-refractivity contribution in [3.8, 4) is 17.1 Å². The second kappa shape index (κ2) is 8.78. The highest BCUT2D eigenvalue weighted by molar-refractivity contribution is 7.14. The van der Waals surface area contributed by atoms with Gasteiger partial charge in [-0.2, -0.15) is 0 Å². The lowest BCUT2D eigenvalue weighted by Crippen LogP contribution is -2.17. The highest BCUT2D eigenvalue weighted by atomic mass is 32.1. The van der Waals surface area contributed by atoms with E-state index in [2.05, 4.69) is 15.0 Å². The second-order valence-corrected chi connectivity index (χ2v) is 7.50. The van der Waals surface area contributed by atoms with Gasteiger partial charge in [0.15, 0.2) is 5.13 Å². The number of benzene rings is 1. The van der Waals surface area contributed by atoms with Crippen molar-refractivity contribution in [1.82, 2.24) is 9.55 Å². The Bertz CT molecular complexity index is 1040. The molecule has 3 rings (SSSR count). The zero-order valence-corrected chi connectivity index (χ0v) is 17.2. The molecule has 30 heavy (non-hydrogen) atoms. The third-order valence-electron chi connectivity index (χ3n) is 4.40. The molecule has 1 aromatic carbocycles. The maximum atomic E-state index is 12.5. The van der Waals surface area contributed by atoms with Gasteiger partial charge in [-0.25, -0.2) is 4.98 Å². The molecule has 0 aliphatic rings. The number of aromatic nitrogens is 2. The number of amides is 1. The Balaban J connectivity index is 1.97. The standard InChI is InChI=1S/C20H21F3N4O2S/c1-3-7-25-19-26-16(11-30-19)17-9-15(18(24)28)12(2)27(17)10-13-5-4-6-14(8-13)29-20(21,22)23/h4-6,8-9,11H,3,7,10H2,1-2H3,(H2,24,28)(H,25,26). The molecule has 2 aromatic heterocycles. The monoisotopic (exact) mass is 438 g/mol. The molecule has 0 bridgehead atoms. The summed E-state index contributed by atoms with van der Waals surface area (Å²) in [5.74, 6) is -0.887. The Morgan fingerprint density at radius 3 is 2.77 bits per heavy atom. The van der Waals surface area contributed by atoms with E-state index in [-0.39, 0.29) is 12.3 Å². The number of nitrogens with zero attached hydrogens (tertiary/aromatic N) is 2. The zero-order valence-electron chi connectivity index (χ0n) is 16.4. The molecule has 6 nitrogen and oxygen atoms in total. The van der Waals surface area contributed by atoms with Gasteiger partial charge in [0.25, 0.3) is 5.91 Å². The number of halogens is 3. The molecule has 0 spiro atoms. The molecule has 2 heterocycles. The zero-order chi connectivity index (χ0) is 21.9. The molecule has 160 valence electrons. The maximum absolute atomic E-state index is 12.5. The van der Waals surface area contributed by atoms with Gasteiger partial charge in [-0.15, -0.1) is 24.5 Å². The summed E-state index contributed by atoms with van der Waals surface area (Å²) >= 11 is 1.43. The lowest BCUT2D eigenvalue weighted by molar-refractivity contribution is -0.274. The molecule has 0 saturated carbocycles. The Kier molecular flexibility index (Phi) is 6.35. The summed E-state index contributed by atoms with van der Waals surface area (Å²) in [4.78, 5) is 16.4. The number of rotatable bonds is 8. The first-order chi connectivity index (χ1) is 14.2. The Labute approximate surface area is 175 Å². The number of ether oxygens (including phenoxy) is 1. The van der Waals surface area contributed by atoms with Crippen LogP contribution in [0, 0.1) is 6.92 Å². The van der Waals surface area contributed by atoms with Crippen molar-refractivity contribution in [1.29, 1.82) is 0 Å². The van der Waals surface area contributed by atoms with Crippen molar-refractivity contribution in [2.45, 2.75) is 33.2 Å². The van der Waals surface area contributed by atoms with Crippen LogP contribution in [0.25, 0.3) is 11.4 Å². The predicted molar refractivity (Wildman–Crippen MR) is 110 cm³/mol. The Hall–Kier alpha value is -3.01. The van der Waals surface area contributed by atoms with Crippen molar-refractivity contribution in [2.24, 2.45) is 5.73 Å². The van der Waals surface area contributed by atoms with E-state index in [1.807, 2.05) is 16.9 Å². The molecule has 0 radical (unpaired) electrons. The number of carbonyl (C=O) groups excluding carboxylic acids is 1. The van der Waals surface area contributed by atoms with Gasteiger partial charge in [0.2, 0.25) is 0 Å². The molecule has 3 N–H and O–H groups in total.